The molecule has 0 saturated carbocycles. The highest BCUT2D eigenvalue weighted by Crippen LogP contribution is 2.46. The second-order valence-corrected chi connectivity index (χ2v) is 13.3. The van der Waals surface area contributed by atoms with Crippen molar-refractivity contribution in [3.8, 4) is 0 Å². The molecule has 12 rings (SSSR count). The van der Waals surface area contributed by atoms with Gasteiger partial charge in [-0.15, -0.1) is 0 Å². The van der Waals surface area contributed by atoms with Crippen molar-refractivity contribution >= 4 is 106 Å². The van der Waals surface area contributed by atoms with Gasteiger partial charge >= 0.3 is 0 Å². The zero-order chi connectivity index (χ0) is 31.8. The second kappa shape index (κ2) is 9.12. The lowest BCUT2D eigenvalue weighted by Crippen LogP contribution is -2.61. The lowest BCUT2D eigenvalue weighted by molar-refractivity contribution is 0.616. The number of hydrogen-bond donors (Lipinski definition) is 0. The van der Waals surface area contributed by atoms with Crippen LogP contribution in [0.3, 0.4) is 0 Å². The van der Waals surface area contributed by atoms with E-state index >= 15 is 0 Å². The van der Waals surface area contributed by atoms with Crippen LogP contribution in [0.1, 0.15) is 0 Å². The average molecular weight is 624 g/mol. The van der Waals surface area contributed by atoms with Gasteiger partial charge in [0.25, 0.3) is 6.71 Å². The van der Waals surface area contributed by atoms with Gasteiger partial charge < -0.3 is 18.6 Å². The third kappa shape index (κ3) is 3.20. The van der Waals surface area contributed by atoms with Gasteiger partial charge in [0.1, 0.15) is 5.58 Å². The Labute approximate surface area is 282 Å². The van der Waals surface area contributed by atoms with E-state index in [9.17, 15) is 0 Å². The normalized spacial score (nSPS) is 13.6. The summed E-state index contributed by atoms with van der Waals surface area (Å²) in [6, 6.07) is 55.6. The largest absolute Gasteiger partial charge is 0.464 e. The first-order valence-corrected chi connectivity index (χ1v) is 16.9. The summed E-state index contributed by atoms with van der Waals surface area (Å²) in [5.41, 5.74) is 15.6. The summed E-state index contributed by atoms with van der Waals surface area (Å²) in [5.74, 6) is 0. The first-order valence-electron chi connectivity index (χ1n) is 16.9. The van der Waals surface area contributed by atoms with Crippen LogP contribution >= 0.6 is 0 Å². The molecular formula is C44H26BN3O. The van der Waals surface area contributed by atoms with Crippen LogP contribution in [0.5, 0.6) is 0 Å². The number of benzene rings is 7. The molecule has 7 aromatic carbocycles. The van der Waals surface area contributed by atoms with Gasteiger partial charge in [0, 0.05) is 67.1 Å². The van der Waals surface area contributed by atoms with Gasteiger partial charge in [0.2, 0.25) is 0 Å². The summed E-state index contributed by atoms with van der Waals surface area (Å²) in [4.78, 5) is 4.91. The van der Waals surface area contributed by atoms with Crippen LogP contribution in [0.15, 0.2) is 162 Å². The average Bonchev–Trinajstić information content (AvgIpc) is 3.85. The van der Waals surface area contributed by atoms with E-state index in [0.717, 1.165) is 28.0 Å². The van der Waals surface area contributed by atoms with Gasteiger partial charge in [-0.2, -0.15) is 0 Å². The minimum absolute atomic E-state index is 0.0247. The van der Waals surface area contributed by atoms with Gasteiger partial charge in [0.05, 0.1) is 22.8 Å². The van der Waals surface area contributed by atoms with Crippen molar-refractivity contribution in [2.75, 3.05) is 9.80 Å². The molecule has 0 atom stereocenters. The summed E-state index contributed by atoms with van der Waals surface area (Å²) in [6.45, 7) is 0.0247. The second-order valence-electron chi connectivity index (χ2n) is 13.3. The molecule has 0 radical (unpaired) electrons. The number of furan rings is 1. The van der Waals surface area contributed by atoms with Crippen LogP contribution < -0.4 is 26.2 Å². The first-order chi connectivity index (χ1) is 24.3. The molecule has 0 bridgehead atoms. The summed E-state index contributed by atoms with van der Waals surface area (Å²) in [6.07, 6.45) is 1.81. The Kier molecular flexibility index (Phi) is 4.77. The maximum atomic E-state index is 6.02. The van der Waals surface area contributed by atoms with Crippen LogP contribution in [-0.2, 0) is 0 Å². The monoisotopic (exact) mass is 623 g/mol. The Morgan fingerprint density at radius 1 is 0.449 bits per heavy atom. The van der Waals surface area contributed by atoms with Gasteiger partial charge in [-0.25, -0.2) is 0 Å². The molecule has 3 aromatic heterocycles. The minimum atomic E-state index is 0.0247. The molecule has 226 valence electrons. The van der Waals surface area contributed by atoms with E-state index in [2.05, 4.69) is 166 Å². The van der Waals surface area contributed by atoms with Crippen LogP contribution in [-0.4, -0.2) is 11.1 Å². The Balaban J connectivity index is 1.25. The third-order valence-electron chi connectivity index (χ3n) is 10.9. The van der Waals surface area contributed by atoms with Crippen molar-refractivity contribution in [3.63, 3.8) is 0 Å². The molecule has 5 heterocycles. The van der Waals surface area contributed by atoms with Crippen molar-refractivity contribution in [2.24, 2.45) is 0 Å². The van der Waals surface area contributed by atoms with Crippen molar-refractivity contribution in [1.29, 1.82) is 0 Å². The maximum Gasteiger partial charge on any atom is 0.252 e. The molecule has 4 nitrogen and oxygen atoms in total. The van der Waals surface area contributed by atoms with Gasteiger partial charge in [-0.3, -0.25) is 0 Å². The molecule has 0 saturated heterocycles. The van der Waals surface area contributed by atoms with Gasteiger partial charge in [-0.1, -0.05) is 91.0 Å². The molecule has 0 unspecified atom stereocenters. The summed E-state index contributed by atoms with van der Waals surface area (Å²) < 4.78 is 8.52. The Morgan fingerprint density at radius 2 is 1.06 bits per heavy atom. The Morgan fingerprint density at radius 3 is 1.82 bits per heavy atom. The fourth-order valence-electron chi connectivity index (χ4n) is 9.02. The fourth-order valence-corrected chi connectivity index (χ4v) is 9.02. The van der Waals surface area contributed by atoms with E-state index < -0.39 is 0 Å². The van der Waals surface area contributed by atoms with Crippen molar-refractivity contribution < 1.29 is 4.42 Å². The zero-order valence-electron chi connectivity index (χ0n) is 26.3. The predicted octanol–water partition coefficient (Wildman–Crippen LogP) is 9.67. The lowest BCUT2D eigenvalue weighted by atomic mass is 9.33. The molecule has 2 aliphatic rings. The number of hydrogen-bond acceptors (Lipinski definition) is 3. The minimum Gasteiger partial charge on any atom is -0.464 e. The molecule has 2 aliphatic heterocycles. The quantitative estimate of drug-likeness (QED) is 0.179. The molecule has 5 heteroatoms. The fraction of sp³-hybridized carbons (Fsp3) is 0. The topological polar surface area (TPSA) is 24.0 Å². The standard InChI is InChI=1S/C44H26BN3O/c1-3-11-28(12-4-1)46-37-19-10-20-38-43(37)45(34-23-27-21-22-49-42(27)26-41(34)47(38)29-13-5-2-6-14-29)35-24-33-32-17-9-16-31-30-15-7-8-18-36(30)48(44(31)32)39(33)25-40(35)46/h1-26H. The number of nitrogens with zero attached hydrogens (tertiary/aromatic N) is 3. The van der Waals surface area contributed by atoms with E-state index in [4.69, 9.17) is 4.42 Å². The molecular weight excluding hydrogens is 597 g/mol. The van der Waals surface area contributed by atoms with E-state index in [1.54, 1.807) is 6.26 Å². The molecule has 0 N–H and O–H groups in total. The number of rotatable bonds is 2. The highest BCUT2D eigenvalue weighted by Gasteiger charge is 2.44. The highest BCUT2D eigenvalue weighted by atomic mass is 16.3. The highest BCUT2D eigenvalue weighted by molar-refractivity contribution is 7.00. The number of fused-ring (bicyclic) bond motifs is 11. The Hall–Kier alpha value is -6.46. The van der Waals surface area contributed by atoms with Crippen molar-refractivity contribution in [3.05, 3.63) is 158 Å². The first kappa shape index (κ1) is 25.6. The smallest absolute Gasteiger partial charge is 0.252 e. The molecule has 0 aliphatic carbocycles. The van der Waals surface area contributed by atoms with Crippen LogP contribution in [0.4, 0.5) is 34.1 Å². The van der Waals surface area contributed by atoms with Gasteiger partial charge in [0.15, 0.2) is 0 Å². The van der Waals surface area contributed by atoms with Crippen molar-refractivity contribution in [1.82, 2.24) is 4.40 Å². The molecule has 0 fully saturated rings. The summed E-state index contributed by atoms with van der Waals surface area (Å²) in [5, 5.41) is 6.30. The lowest BCUT2D eigenvalue weighted by Gasteiger charge is -2.44. The van der Waals surface area contributed by atoms with E-state index in [1.165, 1.54) is 71.5 Å². The SMILES string of the molecule is c1ccc(N2c3cc4occc4cc3B3c4cc5c6cccc7c8ccccc8n(c5cc4N(c4ccccc4)c4cccc2c43)c76)cc1. The molecule has 0 spiro atoms. The summed E-state index contributed by atoms with van der Waals surface area (Å²) >= 11 is 0. The molecule has 0 amide bonds. The third-order valence-corrected chi connectivity index (χ3v) is 10.9. The molecule has 49 heavy (non-hydrogen) atoms. The Bertz CT molecular complexity index is 2960. The maximum absolute atomic E-state index is 6.02. The van der Waals surface area contributed by atoms with Gasteiger partial charge in [-0.05, 0) is 71.0 Å². The van der Waals surface area contributed by atoms with E-state index in [0.29, 0.717) is 0 Å². The number of para-hydroxylation sites is 4. The van der Waals surface area contributed by atoms with E-state index in [-0.39, 0.29) is 6.71 Å². The zero-order valence-corrected chi connectivity index (χ0v) is 26.3. The van der Waals surface area contributed by atoms with Crippen LogP contribution in [0.25, 0.3) is 49.1 Å². The van der Waals surface area contributed by atoms with Crippen molar-refractivity contribution in [2.45, 2.75) is 0 Å². The predicted molar refractivity (Wildman–Crippen MR) is 205 cm³/mol. The van der Waals surface area contributed by atoms with Crippen LogP contribution in [0.2, 0.25) is 0 Å². The van der Waals surface area contributed by atoms with E-state index in [1.807, 2.05) is 0 Å². The number of anilines is 6. The van der Waals surface area contributed by atoms with Crippen LogP contribution in [0, 0.1) is 0 Å². The number of aromatic nitrogens is 1. The molecule has 10 aromatic rings. The summed E-state index contributed by atoms with van der Waals surface area (Å²) in [7, 11) is 0.